The van der Waals surface area contributed by atoms with Crippen LogP contribution >= 0.6 is 23.2 Å². The van der Waals surface area contributed by atoms with Crippen molar-refractivity contribution in [3.05, 3.63) is 57.8 Å². The lowest BCUT2D eigenvalue weighted by molar-refractivity contribution is 0.0533. The van der Waals surface area contributed by atoms with Crippen LogP contribution in [0.25, 0.3) is 0 Å². The fourth-order valence-electron chi connectivity index (χ4n) is 2.87. The molecule has 8 heteroatoms. The van der Waals surface area contributed by atoms with Gasteiger partial charge in [0.1, 0.15) is 5.56 Å². The SMILES string of the molecule is COc1c(Cl)ccc(Cl)c1C(=O)N1CCN(C(=O)c2cccnc2)CC1. The zero-order chi connectivity index (χ0) is 18.7. The van der Waals surface area contributed by atoms with Crippen molar-refractivity contribution in [2.45, 2.75) is 0 Å². The molecule has 1 fully saturated rings. The molecule has 1 aliphatic rings. The average molecular weight is 394 g/mol. The molecule has 0 radical (unpaired) electrons. The van der Waals surface area contributed by atoms with Crippen LogP contribution in [0.2, 0.25) is 10.0 Å². The highest BCUT2D eigenvalue weighted by molar-refractivity contribution is 6.37. The maximum absolute atomic E-state index is 12.9. The number of rotatable bonds is 3. The number of amides is 2. The van der Waals surface area contributed by atoms with E-state index in [1.54, 1.807) is 40.3 Å². The van der Waals surface area contributed by atoms with Gasteiger partial charge in [-0.1, -0.05) is 23.2 Å². The van der Waals surface area contributed by atoms with E-state index in [1.807, 2.05) is 0 Å². The van der Waals surface area contributed by atoms with Crippen molar-refractivity contribution in [1.29, 1.82) is 0 Å². The lowest BCUT2D eigenvalue weighted by Crippen LogP contribution is -2.50. The van der Waals surface area contributed by atoms with Crippen LogP contribution in [0.1, 0.15) is 20.7 Å². The first-order valence-corrected chi connectivity index (χ1v) is 8.79. The Morgan fingerprint density at radius 2 is 1.62 bits per heavy atom. The zero-order valence-corrected chi connectivity index (χ0v) is 15.6. The second kappa shape index (κ2) is 7.93. The molecule has 2 aromatic rings. The highest BCUT2D eigenvalue weighted by Crippen LogP contribution is 2.34. The van der Waals surface area contributed by atoms with Gasteiger partial charge in [0.2, 0.25) is 0 Å². The molecule has 1 aromatic heterocycles. The van der Waals surface area contributed by atoms with Crippen molar-refractivity contribution in [3.8, 4) is 5.75 Å². The van der Waals surface area contributed by atoms with Gasteiger partial charge in [0, 0.05) is 38.6 Å². The Hall–Kier alpha value is -2.31. The van der Waals surface area contributed by atoms with E-state index in [-0.39, 0.29) is 28.1 Å². The number of aromatic nitrogens is 1. The third-order valence-corrected chi connectivity index (χ3v) is 4.85. The van der Waals surface area contributed by atoms with E-state index in [4.69, 9.17) is 27.9 Å². The Bertz CT molecular complexity index is 822. The van der Waals surface area contributed by atoms with E-state index in [1.165, 1.54) is 13.3 Å². The molecular formula is C18H17Cl2N3O3. The highest BCUT2D eigenvalue weighted by atomic mass is 35.5. The molecule has 2 amide bonds. The number of hydrogen-bond donors (Lipinski definition) is 0. The largest absolute Gasteiger partial charge is 0.494 e. The smallest absolute Gasteiger partial charge is 0.259 e. The molecule has 0 atom stereocenters. The summed E-state index contributed by atoms with van der Waals surface area (Å²) in [6.45, 7) is 1.66. The second-order valence-electron chi connectivity index (χ2n) is 5.76. The molecule has 1 aliphatic heterocycles. The summed E-state index contributed by atoms with van der Waals surface area (Å²) in [5.74, 6) is -0.0931. The number of piperazine rings is 1. The van der Waals surface area contributed by atoms with E-state index >= 15 is 0 Å². The van der Waals surface area contributed by atoms with Gasteiger partial charge >= 0.3 is 0 Å². The standard InChI is InChI=1S/C18H17Cl2N3O3/c1-26-16-14(20)5-4-13(19)15(16)18(25)23-9-7-22(8-10-23)17(24)12-3-2-6-21-11-12/h2-6,11H,7-10H2,1H3. The predicted octanol–water partition coefficient (Wildman–Crippen LogP) is 3.00. The van der Waals surface area contributed by atoms with E-state index in [0.717, 1.165) is 0 Å². The van der Waals surface area contributed by atoms with Gasteiger partial charge in [-0.25, -0.2) is 0 Å². The number of methoxy groups -OCH3 is 1. The number of benzene rings is 1. The Morgan fingerprint density at radius 3 is 2.19 bits per heavy atom. The summed E-state index contributed by atoms with van der Waals surface area (Å²) < 4.78 is 5.25. The normalized spacial score (nSPS) is 14.3. The minimum absolute atomic E-state index is 0.0939. The van der Waals surface area contributed by atoms with Gasteiger partial charge in [0.15, 0.2) is 5.75 Å². The molecule has 0 N–H and O–H groups in total. The van der Waals surface area contributed by atoms with Crippen LogP contribution in [-0.2, 0) is 0 Å². The number of hydrogen-bond acceptors (Lipinski definition) is 4. The Kier molecular flexibility index (Phi) is 5.64. The molecule has 1 aromatic carbocycles. The first-order chi connectivity index (χ1) is 12.5. The van der Waals surface area contributed by atoms with Crippen LogP contribution in [0.15, 0.2) is 36.7 Å². The molecule has 1 saturated heterocycles. The maximum Gasteiger partial charge on any atom is 0.259 e. The van der Waals surface area contributed by atoms with Gasteiger partial charge < -0.3 is 14.5 Å². The van der Waals surface area contributed by atoms with E-state index in [2.05, 4.69) is 4.98 Å². The van der Waals surface area contributed by atoms with Gasteiger partial charge in [-0.3, -0.25) is 14.6 Å². The van der Waals surface area contributed by atoms with Crippen molar-refractivity contribution in [2.24, 2.45) is 0 Å². The van der Waals surface area contributed by atoms with Crippen molar-refractivity contribution in [1.82, 2.24) is 14.8 Å². The number of ether oxygens (including phenoxy) is 1. The van der Waals surface area contributed by atoms with Gasteiger partial charge in [0.05, 0.1) is 22.7 Å². The van der Waals surface area contributed by atoms with E-state index in [0.29, 0.717) is 36.8 Å². The molecule has 0 aliphatic carbocycles. The highest BCUT2D eigenvalue weighted by Gasteiger charge is 2.29. The molecule has 0 unspecified atom stereocenters. The molecule has 0 spiro atoms. The Morgan fingerprint density at radius 1 is 1.00 bits per heavy atom. The fourth-order valence-corrected chi connectivity index (χ4v) is 3.34. The number of halogens is 2. The minimum Gasteiger partial charge on any atom is -0.494 e. The third-order valence-electron chi connectivity index (χ3n) is 4.24. The Balaban J connectivity index is 1.72. The van der Waals surface area contributed by atoms with Gasteiger partial charge in [-0.05, 0) is 24.3 Å². The quantitative estimate of drug-likeness (QED) is 0.803. The zero-order valence-electron chi connectivity index (χ0n) is 14.1. The van der Waals surface area contributed by atoms with Crippen LogP contribution in [0, 0.1) is 0 Å². The maximum atomic E-state index is 12.9. The molecule has 6 nitrogen and oxygen atoms in total. The lowest BCUT2D eigenvalue weighted by Gasteiger charge is -2.35. The van der Waals surface area contributed by atoms with Crippen molar-refractivity contribution < 1.29 is 14.3 Å². The minimum atomic E-state index is -0.261. The average Bonchev–Trinajstić information content (AvgIpc) is 2.69. The monoisotopic (exact) mass is 393 g/mol. The van der Waals surface area contributed by atoms with Crippen LogP contribution in [0.4, 0.5) is 0 Å². The van der Waals surface area contributed by atoms with Gasteiger partial charge in [-0.2, -0.15) is 0 Å². The predicted molar refractivity (Wildman–Crippen MR) is 99.1 cm³/mol. The first-order valence-electron chi connectivity index (χ1n) is 8.03. The Labute approximate surface area is 161 Å². The summed E-state index contributed by atoms with van der Waals surface area (Å²) >= 11 is 12.3. The first kappa shape index (κ1) is 18.5. The van der Waals surface area contributed by atoms with E-state index in [9.17, 15) is 9.59 Å². The number of carbonyl (C=O) groups is 2. The van der Waals surface area contributed by atoms with Crippen molar-refractivity contribution in [2.75, 3.05) is 33.3 Å². The molecule has 0 bridgehead atoms. The van der Waals surface area contributed by atoms with E-state index < -0.39 is 0 Å². The molecule has 136 valence electrons. The topological polar surface area (TPSA) is 62.7 Å². The fraction of sp³-hybridized carbons (Fsp3) is 0.278. The molecule has 0 saturated carbocycles. The van der Waals surface area contributed by atoms with Crippen molar-refractivity contribution >= 4 is 35.0 Å². The summed E-state index contributed by atoms with van der Waals surface area (Å²) in [7, 11) is 1.44. The molecular weight excluding hydrogens is 377 g/mol. The lowest BCUT2D eigenvalue weighted by atomic mass is 10.1. The summed E-state index contributed by atoms with van der Waals surface area (Å²) in [5.41, 5.74) is 0.778. The number of pyridine rings is 1. The number of carbonyl (C=O) groups excluding carboxylic acids is 2. The molecule has 2 heterocycles. The summed E-state index contributed by atoms with van der Waals surface area (Å²) in [5, 5.41) is 0.607. The van der Waals surface area contributed by atoms with Crippen molar-refractivity contribution in [3.63, 3.8) is 0 Å². The van der Waals surface area contributed by atoms with Gasteiger partial charge in [0.25, 0.3) is 11.8 Å². The van der Waals surface area contributed by atoms with Crippen LogP contribution in [0.5, 0.6) is 5.75 Å². The van der Waals surface area contributed by atoms with Gasteiger partial charge in [-0.15, -0.1) is 0 Å². The van der Waals surface area contributed by atoms with Crippen LogP contribution in [-0.4, -0.2) is 59.9 Å². The molecule has 3 rings (SSSR count). The summed E-state index contributed by atoms with van der Waals surface area (Å²) in [6.07, 6.45) is 3.16. The number of nitrogens with zero attached hydrogens (tertiary/aromatic N) is 3. The summed E-state index contributed by atoms with van der Waals surface area (Å²) in [6, 6.07) is 6.61. The van der Waals surface area contributed by atoms with Crippen LogP contribution in [0.3, 0.4) is 0 Å². The molecule has 26 heavy (non-hydrogen) atoms. The second-order valence-corrected chi connectivity index (χ2v) is 6.58. The summed E-state index contributed by atoms with van der Waals surface area (Å²) in [4.78, 5) is 32.7. The third kappa shape index (κ3) is 3.61. The van der Waals surface area contributed by atoms with Crippen LogP contribution < -0.4 is 4.74 Å².